The number of hydrogen-bond acceptors (Lipinski definition) is 1. The third-order valence-corrected chi connectivity index (χ3v) is 4.02. The van der Waals surface area contributed by atoms with E-state index < -0.39 is 22.6 Å². The van der Waals surface area contributed by atoms with Crippen LogP contribution in [0.1, 0.15) is 32.8 Å². The van der Waals surface area contributed by atoms with Gasteiger partial charge in [0.2, 0.25) is 0 Å². The molecule has 0 saturated carbocycles. The van der Waals surface area contributed by atoms with Crippen LogP contribution in [0, 0.1) is 11.6 Å². The Hall–Kier alpha value is -0.810. The van der Waals surface area contributed by atoms with E-state index in [9.17, 15) is 13.0 Å². The van der Waals surface area contributed by atoms with Crippen molar-refractivity contribution >= 4 is 11.0 Å². The molecule has 1 aromatic rings. The molecule has 0 aromatic heterocycles. The zero-order chi connectivity index (χ0) is 13.8. The van der Waals surface area contributed by atoms with Crippen molar-refractivity contribution in [1.82, 2.24) is 4.72 Å². The maximum absolute atomic E-state index is 13.3. The normalized spacial score (nSPS) is 13.6. The Morgan fingerprint density at radius 3 is 2.56 bits per heavy atom. The third-order valence-electron chi connectivity index (χ3n) is 2.44. The lowest BCUT2D eigenvalue weighted by Gasteiger charge is -2.18. The molecule has 0 aliphatic heterocycles. The van der Waals surface area contributed by atoms with Gasteiger partial charge in [0, 0.05) is 6.54 Å². The van der Waals surface area contributed by atoms with E-state index in [0.717, 1.165) is 6.07 Å². The second-order valence-corrected chi connectivity index (χ2v) is 7.14. The van der Waals surface area contributed by atoms with Crippen LogP contribution in [0.15, 0.2) is 18.2 Å². The molecule has 1 unspecified atom stereocenters. The molecule has 0 spiro atoms. The predicted octanol–water partition coefficient (Wildman–Crippen LogP) is 2.95. The Bertz CT molecular complexity index is 429. The summed E-state index contributed by atoms with van der Waals surface area (Å²) in [5.41, 5.74) is 0.360. The van der Waals surface area contributed by atoms with Crippen molar-refractivity contribution < 1.29 is 13.0 Å². The summed E-state index contributed by atoms with van der Waals surface area (Å²) in [7, 11) is -1.12. The summed E-state index contributed by atoms with van der Waals surface area (Å²) < 4.78 is 40.5. The first kappa shape index (κ1) is 15.2. The van der Waals surface area contributed by atoms with Gasteiger partial charge in [0.05, 0.1) is 15.7 Å². The molecule has 0 aliphatic carbocycles. The number of nitrogens with one attached hydrogen (secondary N) is 1. The van der Waals surface area contributed by atoms with E-state index in [4.69, 9.17) is 0 Å². The van der Waals surface area contributed by atoms with Gasteiger partial charge in [-0.15, -0.1) is 0 Å². The summed E-state index contributed by atoms with van der Waals surface area (Å²) in [5.74, 6) is -1.60. The third kappa shape index (κ3) is 4.46. The van der Waals surface area contributed by atoms with Gasteiger partial charge in [0.1, 0.15) is 0 Å². The van der Waals surface area contributed by atoms with E-state index in [1.54, 1.807) is 6.07 Å². The highest BCUT2D eigenvalue weighted by molar-refractivity contribution is 7.84. The molecule has 0 saturated heterocycles. The lowest BCUT2D eigenvalue weighted by molar-refractivity contribution is 0.497. The van der Waals surface area contributed by atoms with Crippen molar-refractivity contribution in [2.75, 3.05) is 6.54 Å². The van der Waals surface area contributed by atoms with Crippen LogP contribution >= 0.6 is 0 Å². The van der Waals surface area contributed by atoms with E-state index >= 15 is 0 Å². The van der Waals surface area contributed by atoms with Crippen LogP contribution in [-0.2, 0) is 17.4 Å². The minimum Gasteiger partial charge on any atom is -0.242 e. The van der Waals surface area contributed by atoms with Gasteiger partial charge in [0.15, 0.2) is 11.6 Å². The Labute approximate surface area is 109 Å². The van der Waals surface area contributed by atoms with E-state index in [2.05, 4.69) is 4.72 Å². The SMILES string of the molecule is CC(C)(C)S(=O)NCCCc1cccc(F)c1F. The van der Waals surface area contributed by atoms with Crippen molar-refractivity contribution in [1.29, 1.82) is 0 Å². The molecule has 2 nitrogen and oxygen atoms in total. The molecule has 102 valence electrons. The highest BCUT2D eigenvalue weighted by atomic mass is 32.2. The van der Waals surface area contributed by atoms with Crippen molar-refractivity contribution in [2.45, 2.75) is 38.4 Å². The van der Waals surface area contributed by atoms with E-state index in [1.807, 2.05) is 20.8 Å². The highest BCUT2D eigenvalue weighted by Crippen LogP contribution is 2.13. The van der Waals surface area contributed by atoms with E-state index in [1.165, 1.54) is 6.07 Å². The van der Waals surface area contributed by atoms with Crippen molar-refractivity contribution in [3.05, 3.63) is 35.4 Å². The van der Waals surface area contributed by atoms with Crippen LogP contribution in [0.2, 0.25) is 0 Å². The van der Waals surface area contributed by atoms with E-state index in [0.29, 0.717) is 24.9 Å². The molecule has 1 atom stereocenters. The molecular formula is C13H19F2NOS. The van der Waals surface area contributed by atoms with Gasteiger partial charge in [-0.3, -0.25) is 0 Å². The summed E-state index contributed by atoms with van der Waals surface area (Å²) in [6.07, 6.45) is 1.04. The van der Waals surface area contributed by atoms with Crippen molar-refractivity contribution in [3.8, 4) is 0 Å². The lowest BCUT2D eigenvalue weighted by atomic mass is 10.1. The van der Waals surface area contributed by atoms with Crippen LogP contribution in [0.4, 0.5) is 8.78 Å². The van der Waals surface area contributed by atoms with Gasteiger partial charge in [-0.1, -0.05) is 12.1 Å². The molecular weight excluding hydrogens is 256 g/mol. The molecule has 0 fully saturated rings. The van der Waals surface area contributed by atoms with Gasteiger partial charge in [0.25, 0.3) is 0 Å². The number of rotatable bonds is 5. The second kappa shape index (κ2) is 6.38. The summed E-state index contributed by atoms with van der Waals surface area (Å²) >= 11 is 0. The molecule has 5 heteroatoms. The molecule has 0 bridgehead atoms. The average Bonchev–Trinajstić information content (AvgIpc) is 2.28. The number of hydrogen-bond donors (Lipinski definition) is 1. The first-order chi connectivity index (χ1) is 8.32. The zero-order valence-corrected chi connectivity index (χ0v) is 11.7. The quantitative estimate of drug-likeness (QED) is 0.822. The lowest BCUT2D eigenvalue weighted by Crippen LogP contribution is -2.33. The fourth-order valence-electron chi connectivity index (χ4n) is 1.40. The van der Waals surface area contributed by atoms with Gasteiger partial charge in [-0.25, -0.2) is 17.7 Å². The fourth-order valence-corrected chi connectivity index (χ4v) is 2.16. The van der Waals surface area contributed by atoms with Gasteiger partial charge in [-0.05, 0) is 45.2 Å². The molecule has 0 amide bonds. The summed E-state index contributed by atoms with van der Waals surface area (Å²) in [4.78, 5) is 0. The minimum atomic E-state index is -1.12. The standard InChI is InChI=1S/C13H19F2NOS/c1-13(2,3)18(17)16-9-5-7-10-6-4-8-11(14)12(10)15/h4,6,8,16H,5,7,9H2,1-3H3. The first-order valence-corrected chi connectivity index (χ1v) is 7.05. The molecule has 0 heterocycles. The summed E-state index contributed by atoms with van der Waals surface area (Å²) in [5, 5.41) is 0. The number of halogens is 2. The first-order valence-electron chi connectivity index (χ1n) is 5.90. The monoisotopic (exact) mass is 275 g/mol. The number of benzene rings is 1. The molecule has 0 radical (unpaired) electrons. The number of aryl methyl sites for hydroxylation is 1. The Kier molecular flexibility index (Phi) is 5.41. The van der Waals surface area contributed by atoms with Crippen LogP contribution < -0.4 is 4.72 Å². The Morgan fingerprint density at radius 2 is 1.94 bits per heavy atom. The van der Waals surface area contributed by atoms with Gasteiger partial charge < -0.3 is 0 Å². The Morgan fingerprint density at radius 1 is 1.28 bits per heavy atom. The molecule has 1 rings (SSSR count). The van der Waals surface area contributed by atoms with Gasteiger partial charge >= 0.3 is 0 Å². The zero-order valence-electron chi connectivity index (χ0n) is 10.9. The van der Waals surface area contributed by atoms with E-state index in [-0.39, 0.29) is 4.75 Å². The summed E-state index contributed by atoms with van der Waals surface area (Å²) in [6, 6.07) is 4.17. The van der Waals surface area contributed by atoms with Crippen LogP contribution in [-0.4, -0.2) is 15.5 Å². The largest absolute Gasteiger partial charge is 0.242 e. The second-order valence-electron chi connectivity index (χ2n) is 5.09. The maximum Gasteiger partial charge on any atom is 0.162 e. The predicted molar refractivity (Wildman–Crippen MR) is 70.6 cm³/mol. The fraction of sp³-hybridized carbons (Fsp3) is 0.538. The molecule has 0 aliphatic rings. The highest BCUT2D eigenvalue weighted by Gasteiger charge is 2.18. The smallest absolute Gasteiger partial charge is 0.162 e. The average molecular weight is 275 g/mol. The molecule has 18 heavy (non-hydrogen) atoms. The topological polar surface area (TPSA) is 29.1 Å². The van der Waals surface area contributed by atoms with Crippen LogP contribution in [0.3, 0.4) is 0 Å². The Balaban J connectivity index is 2.39. The molecule has 1 aromatic carbocycles. The van der Waals surface area contributed by atoms with Crippen LogP contribution in [0.5, 0.6) is 0 Å². The van der Waals surface area contributed by atoms with Crippen molar-refractivity contribution in [2.24, 2.45) is 0 Å². The van der Waals surface area contributed by atoms with Gasteiger partial charge in [-0.2, -0.15) is 0 Å². The van der Waals surface area contributed by atoms with Crippen LogP contribution in [0.25, 0.3) is 0 Å². The minimum absolute atomic E-state index is 0.315. The summed E-state index contributed by atoms with van der Waals surface area (Å²) in [6.45, 7) is 6.15. The maximum atomic E-state index is 13.3. The van der Waals surface area contributed by atoms with Crippen molar-refractivity contribution in [3.63, 3.8) is 0 Å². The molecule has 1 N–H and O–H groups in total.